The number of hydrogen-bond acceptors (Lipinski definition) is 4. The highest BCUT2D eigenvalue weighted by atomic mass is 16.5. The predicted octanol–water partition coefficient (Wildman–Crippen LogP) is 3.39. The van der Waals surface area contributed by atoms with Crippen LogP contribution in [0, 0.1) is 0 Å². The molecule has 1 unspecified atom stereocenters. The van der Waals surface area contributed by atoms with Crippen LogP contribution in [0.4, 0.5) is 5.69 Å². The van der Waals surface area contributed by atoms with Crippen molar-refractivity contribution in [3.63, 3.8) is 0 Å². The van der Waals surface area contributed by atoms with Gasteiger partial charge in [-0.2, -0.15) is 0 Å². The number of methoxy groups -OCH3 is 1. The molecule has 0 aliphatic carbocycles. The summed E-state index contributed by atoms with van der Waals surface area (Å²) in [6, 6.07) is 8.79. The highest BCUT2D eigenvalue weighted by Gasteiger charge is 2.29. The van der Waals surface area contributed by atoms with Gasteiger partial charge in [-0.05, 0) is 36.2 Å². The number of phenolic OH excluding ortho intramolecular Hbond substituents is 1. The first kappa shape index (κ1) is 14.6. The van der Waals surface area contributed by atoms with Crippen LogP contribution in [0.5, 0.6) is 11.5 Å². The maximum atomic E-state index is 12.0. The van der Waals surface area contributed by atoms with E-state index < -0.39 is 0 Å². The summed E-state index contributed by atoms with van der Waals surface area (Å²) in [7, 11) is 1.55. The first-order chi connectivity index (χ1) is 11.6. The molecule has 1 atom stereocenters. The van der Waals surface area contributed by atoms with Gasteiger partial charge < -0.3 is 20.1 Å². The molecule has 0 spiro atoms. The molecular weight excluding hydrogens is 306 g/mol. The van der Waals surface area contributed by atoms with Gasteiger partial charge in [-0.15, -0.1) is 0 Å². The number of carbonyl (C=O) groups excluding carboxylic acids is 1. The fraction of sp³-hybridized carbons (Fsp3) is 0.222. The molecule has 0 radical (unpaired) electrons. The van der Waals surface area contributed by atoms with Crippen LogP contribution in [0.1, 0.15) is 24.8 Å². The van der Waals surface area contributed by atoms with Crippen molar-refractivity contribution in [3.8, 4) is 22.9 Å². The van der Waals surface area contributed by atoms with Crippen molar-refractivity contribution >= 4 is 22.6 Å². The zero-order valence-corrected chi connectivity index (χ0v) is 13.4. The minimum absolute atomic E-state index is 0.0422. The van der Waals surface area contributed by atoms with Crippen LogP contribution in [-0.2, 0) is 4.79 Å². The van der Waals surface area contributed by atoms with Gasteiger partial charge in [0.25, 0.3) is 0 Å². The Labute approximate surface area is 138 Å². The van der Waals surface area contributed by atoms with E-state index in [0.29, 0.717) is 11.6 Å². The lowest BCUT2D eigenvalue weighted by Gasteiger charge is -2.06. The average Bonchev–Trinajstić information content (AvgIpc) is 3.11. The van der Waals surface area contributed by atoms with Crippen LogP contribution in [0.15, 0.2) is 30.3 Å². The lowest BCUT2D eigenvalue weighted by atomic mass is 9.98. The van der Waals surface area contributed by atoms with E-state index in [0.717, 1.165) is 34.3 Å². The number of nitrogens with one attached hydrogen (secondary N) is 2. The van der Waals surface area contributed by atoms with Gasteiger partial charge >= 0.3 is 0 Å². The lowest BCUT2D eigenvalue weighted by molar-refractivity contribution is -0.117. The molecule has 1 aliphatic heterocycles. The van der Waals surface area contributed by atoms with Crippen molar-refractivity contribution < 1.29 is 14.6 Å². The molecule has 3 aromatic rings. The second kappa shape index (κ2) is 5.26. The molecule has 0 saturated heterocycles. The summed E-state index contributed by atoms with van der Waals surface area (Å²) in [6.45, 7) is 2.00. The SMILES string of the molecule is CCC1C(=O)Nc2cc3[nH]c(-c4ccc(O)cc4OC)nc3cc21. The number of benzene rings is 2. The van der Waals surface area contributed by atoms with E-state index in [2.05, 4.69) is 15.3 Å². The molecule has 122 valence electrons. The Kier molecular flexibility index (Phi) is 3.19. The standard InChI is InChI=1S/C18H17N3O3/c1-3-10-12-7-14-15(8-13(12)21-18(10)23)20-17(19-14)11-5-4-9(22)6-16(11)24-2/h4-8,10,22H,3H2,1-2H3,(H,19,20)(H,21,23). The number of imidazole rings is 1. The van der Waals surface area contributed by atoms with E-state index in [1.165, 1.54) is 0 Å². The first-order valence-corrected chi connectivity index (χ1v) is 7.82. The highest BCUT2D eigenvalue weighted by Crippen LogP contribution is 2.38. The maximum Gasteiger partial charge on any atom is 0.231 e. The summed E-state index contributed by atoms with van der Waals surface area (Å²) in [5.41, 5.74) is 4.24. The molecule has 0 saturated carbocycles. The van der Waals surface area contributed by atoms with Crippen molar-refractivity contribution in [1.82, 2.24) is 9.97 Å². The summed E-state index contributed by atoms with van der Waals surface area (Å²) in [6.07, 6.45) is 0.757. The Bertz CT molecular complexity index is 962. The van der Waals surface area contributed by atoms with Crippen molar-refractivity contribution in [1.29, 1.82) is 0 Å². The van der Waals surface area contributed by atoms with Gasteiger partial charge in [0.15, 0.2) is 0 Å². The summed E-state index contributed by atoms with van der Waals surface area (Å²) >= 11 is 0. The molecule has 3 N–H and O–H groups in total. The van der Waals surface area contributed by atoms with Gasteiger partial charge in [0.1, 0.15) is 17.3 Å². The number of aromatic nitrogens is 2. The number of rotatable bonds is 3. The molecular formula is C18H17N3O3. The van der Waals surface area contributed by atoms with E-state index in [9.17, 15) is 9.90 Å². The topological polar surface area (TPSA) is 87.2 Å². The van der Waals surface area contributed by atoms with Crippen LogP contribution in [0.2, 0.25) is 0 Å². The molecule has 4 rings (SSSR count). The molecule has 2 aromatic carbocycles. The number of aromatic hydroxyl groups is 1. The Balaban J connectivity index is 1.85. The maximum absolute atomic E-state index is 12.0. The number of amides is 1. The zero-order chi connectivity index (χ0) is 16.8. The Hall–Kier alpha value is -3.02. The lowest BCUT2D eigenvalue weighted by Crippen LogP contribution is -2.10. The quantitative estimate of drug-likeness (QED) is 0.689. The molecule has 1 aliphatic rings. The van der Waals surface area contributed by atoms with Gasteiger partial charge in [0, 0.05) is 11.8 Å². The summed E-state index contributed by atoms with van der Waals surface area (Å²) in [4.78, 5) is 19.9. The van der Waals surface area contributed by atoms with E-state index in [1.807, 2.05) is 19.1 Å². The predicted molar refractivity (Wildman–Crippen MR) is 91.4 cm³/mol. The zero-order valence-electron chi connectivity index (χ0n) is 13.4. The molecule has 6 heteroatoms. The van der Waals surface area contributed by atoms with E-state index in [4.69, 9.17) is 4.74 Å². The second-order valence-corrected chi connectivity index (χ2v) is 5.88. The molecule has 6 nitrogen and oxygen atoms in total. The Morgan fingerprint density at radius 1 is 1.29 bits per heavy atom. The molecule has 0 bridgehead atoms. The average molecular weight is 323 g/mol. The normalized spacial score (nSPS) is 16.2. The van der Waals surface area contributed by atoms with Crippen LogP contribution in [-0.4, -0.2) is 28.1 Å². The smallest absolute Gasteiger partial charge is 0.231 e. The number of H-pyrrole nitrogens is 1. The van der Waals surface area contributed by atoms with E-state index in [1.54, 1.807) is 25.3 Å². The van der Waals surface area contributed by atoms with Crippen molar-refractivity contribution in [2.45, 2.75) is 19.3 Å². The van der Waals surface area contributed by atoms with Crippen LogP contribution < -0.4 is 10.1 Å². The van der Waals surface area contributed by atoms with E-state index in [-0.39, 0.29) is 17.6 Å². The van der Waals surface area contributed by atoms with E-state index >= 15 is 0 Å². The van der Waals surface area contributed by atoms with Gasteiger partial charge in [0.2, 0.25) is 5.91 Å². The van der Waals surface area contributed by atoms with Crippen molar-refractivity contribution in [2.75, 3.05) is 12.4 Å². The molecule has 0 fully saturated rings. The van der Waals surface area contributed by atoms with Crippen molar-refractivity contribution in [2.24, 2.45) is 0 Å². The third-order valence-corrected chi connectivity index (χ3v) is 4.45. The number of ether oxygens (including phenoxy) is 1. The first-order valence-electron chi connectivity index (χ1n) is 7.82. The monoisotopic (exact) mass is 323 g/mol. The summed E-state index contributed by atoms with van der Waals surface area (Å²) in [5.74, 6) is 1.26. The number of carbonyl (C=O) groups is 1. The van der Waals surface area contributed by atoms with Gasteiger partial charge in [0.05, 0.1) is 29.6 Å². The highest BCUT2D eigenvalue weighted by molar-refractivity contribution is 6.05. The third-order valence-electron chi connectivity index (χ3n) is 4.45. The fourth-order valence-electron chi connectivity index (χ4n) is 3.24. The minimum Gasteiger partial charge on any atom is -0.508 e. The third kappa shape index (κ3) is 2.11. The summed E-state index contributed by atoms with van der Waals surface area (Å²) < 4.78 is 5.33. The molecule has 2 heterocycles. The number of fused-ring (bicyclic) bond motifs is 2. The van der Waals surface area contributed by atoms with Crippen LogP contribution in [0.3, 0.4) is 0 Å². The second-order valence-electron chi connectivity index (χ2n) is 5.88. The Morgan fingerprint density at radius 2 is 2.12 bits per heavy atom. The molecule has 1 amide bonds. The number of hydrogen-bond donors (Lipinski definition) is 3. The van der Waals surface area contributed by atoms with Crippen LogP contribution in [0.25, 0.3) is 22.4 Å². The number of phenols is 1. The van der Waals surface area contributed by atoms with Gasteiger partial charge in [-0.3, -0.25) is 4.79 Å². The van der Waals surface area contributed by atoms with Crippen LogP contribution >= 0.6 is 0 Å². The Morgan fingerprint density at radius 3 is 2.88 bits per heavy atom. The number of anilines is 1. The number of nitrogens with zero attached hydrogens (tertiary/aromatic N) is 1. The van der Waals surface area contributed by atoms with Crippen molar-refractivity contribution in [3.05, 3.63) is 35.9 Å². The van der Waals surface area contributed by atoms with Gasteiger partial charge in [-0.1, -0.05) is 6.92 Å². The molecule has 24 heavy (non-hydrogen) atoms. The number of aromatic amines is 1. The molecule has 1 aromatic heterocycles. The minimum atomic E-state index is -0.118. The fourth-order valence-corrected chi connectivity index (χ4v) is 3.24. The largest absolute Gasteiger partial charge is 0.508 e. The summed E-state index contributed by atoms with van der Waals surface area (Å²) in [5, 5.41) is 12.5. The van der Waals surface area contributed by atoms with Gasteiger partial charge in [-0.25, -0.2) is 4.98 Å².